The Morgan fingerprint density at radius 3 is 2.95 bits per heavy atom. The first-order valence-electron chi connectivity index (χ1n) is 6.40. The van der Waals surface area contributed by atoms with Gasteiger partial charge in [0.15, 0.2) is 0 Å². The number of methoxy groups -OCH3 is 1. The van der Waals surface area contributed by atoms with Crippen LogP contribution in [0.3, 0.4) is 0 Å². The van der Waals surface area contributed by atoms with E-state index >= 15 is 0 Å². The van der Waals surface area contributed by atoms with Crippen LogP contribution in [0.2, 0.25) is 0 Å². The summed E-state index contributed by atoms with van der Waals surface area (Å²) < 4.78 is 6.74. The van der Waals surface area contributed by atoms with Gasteiger partial charge in [-0.1, -0.05) is 0 Å². The first-order chi connectivity index (χ1) is 9.15. The Hall–Kier alpha value is -1.60. The Labute approximate surface area is 113 Å². The number of hydrogen-bond donors (Lipinski definition) is 2. The Balaban J connectivity index is 2.17. The van der Waals surface area contributed by atoms with Crippen molar-refractivity contribution < 1.29 is 9.53 Å². The maximum atomic E-state index is 11.6. The molecule has 1 aromatic rings. The van der Waals surface area contributed by atoms with Gasteiger partial charge in [-0.25, -0.2) is 4.79 Å². The molecule has 19 heavy (non-hydrogen) atoms. The van der Waals surface area contributed by atoms with Crippen molar-refractivity contribution in [2.24, 2.45) is 0 Å². The molecule has 0 aliphatic heterocycles. The van der Waals surface area contributed by atoms with Crippen molar-refractivity contribution in [1.82, 2.24) is 20.0 Å². The highest BCUT2D eigenvalue weighted by Gasteiger charge is 2.04. The Kier molecular flexibility index (Phi) is 6.91. The van der Waals surface area contributed by atoms with E-state index in [0.717, 1.165) is 19.6 Å². The number of hydrogen-bond acceptors (Lipinski definition) is 4. The van der Waals surface area contributed by atoms with Gasteiger partial charge in [0.1, 0.15) is 0 Å². The topological polar surface area (TPSA) is 71.4 Å². The molecule has 1 rings (SSSR count). The Morgan fingerprint density at radius 2 is 2.32 bits per heavy atom. The number of rotatable bonds is 8. The van der Waals surface area contributed by atoms with Crippen LogP contribution >= 0.6 is 0 Å². The first-order valence-corrected chi connectivity index (χ1v) is 6.40. The maximum Gasteiger partial charge on any atom is 0.319 e. The molecule has 0 aliphatic rings. The van der Waals surface area contributed by atoms with E-state index in [4.69, 9.17) is 4.74 Å². The number of nitrogens with zero attached hydrogens (tertiary/aromatic N) is 3. The molecule has 1 aromatic heterocycles. The lowest BCUT2D eigenvalue weighted by atomic mass is 10.5. The number of aryl methyl sites for hydroxylation is 1. The quantitative estimate of drug-likeness (QED) is 0.725. The summed E-state index contributed by atoms with van der Waals surface area (Å²) in [6.45, 7) is 5.70. The molecule has 108 valence electrons. The third kappa shape index (κ3) is 6.21. The molecular formula is C12H23N5O2. The molecule has 2 N–H and O–H groups in total. The van der Waals surface area contributed by atoms with Crippen LogP contribution in [0.5, 0.6) is 0 Å². The second kappa shape index (κ2) is 8.49. The summed E-state index contributed by atoms with van der Waals surface area (Å²) in [6.07, 6.45) is 3.43. The minimum absolute atomic E-state index is 0.212. The van der Waals surface area contributed by atoms with Gasteiger partial charge < -0.3 is 20.3 Å². The zero-order valence-corrected chi connectivity index (χ0v) is 11.8. The molecule has 0 bridgehead atoms. The van der Waals surface area contributed by atoms with Crippen molar-refractivity contribution in [2.75, 3.05) is 45.7 Å². The van der Waals surface area contributed by atoms with Crippen LogP contribution in [0.25, 0.3) is 0 Å². The third-order valence-corrected chi connectivity index (χ3v) is 2.67. The number of anilines is 1. The highest BCUT2D eigenvalue weighted by atomic mass is 16.5. The second-order valence-electron chi connectivity index (χ2n) is 4.26. The van der Waals surface area contributed by atoms with Crippen LogP contribution in [0.4, 0.5) is 10.5 Å². The summed E-state index contributed by atoms with van der Waals surface area (Å²) in [6, 6.07) is -0.212. The predicted octanol–water partition coefficient (Wildman–Crippen LogP) is 0.603. The summed E-state index contributed by atoms with van der Waals surface area (Å²) in [4.78, 5) is 13.7. The van der Waals surface area contributed by atoms with E-state index in [0.29, 0.717) is 18.8 Å². The molecule has 0 unspecified atom stereocenters. The molecule has 1 heterocycles. The average Bonchev–Trinajstić information content (AvgIpc) is 2.84. The molecule has 0 fully saturated rings. The van der Waals surface area contributed by atoms with Gasteiger partial charge in [-0.05, 0) is 14.0 Å². The lowest BCUT2D eigenvalue weighted by Crippen LogP contribution is -2.36. The highest BCUT2D eigenvalue weighted by molar-refractivity contribution is 5.88. The molecule has 0 radical (unpaired) electrons. The van der Waals surface area contributed by atoms with E-state index in [-0.39, 0.29) is 6.03 Å². The standard InChI is InChI=1S/C12H23N5O2/c1-4-17-10-11(9-14-17)15-12(18)13-5-6-16(2)7-8-19-3/h9-10H,4-8H2,1-3H3,(H2,13,15,18). The molecule has 0 spiro atoms. The van der Waals surface area contributed by atoms with E-state index in [2.05, 4.69) is 20.6 Å². The van der Waals surface area contributed by atoms with Crippen molar-refractivity contribution in [1.29, 1.82) is 0 Å². The van der Waals surface area contributed by atoms with Gasteiger partial charge in [-0.3, -0.25) is 4.68 Å². The first kappa shape index (κ1) is 15.5. The van der Waals surface area contributed by atoms with Crippen LogP contribution in [-0.4, -0.2) is 61.1 Å². The van der Waals surface area contributed by atoms with Gasteiger partial charge in [0.05, 0.1) is 18.5 Å². The Morgan fingerprint density at radius 1 is 1.53 bits per heavy atom. The number of nitrogens with one attached hydrogen (secondary N) is 2. The molecular weight excluding hydrogens is 246 g/mol. The van der Waals surface area contributed by atoms with E-state index in [9.17, 15) is 4.79 Å². The molecule has 2 amide bonds. The highest BCUT2D eigenvalue weighted by Crippen LogP contribution is 2.03. The van der Waals surface area contributed by atoms with E-state index < -0.39 is 0 Å². The van der Waals surface area contributed by atoms with Crippen LogP contribution in [0.1, 0.15) is 6.92 Å². The maximum absolute atomic E-state index is 11.6. The molecule has 0 aromatic carbocycles. The van der Waals surface area contributed by atoms with Crippen LogP contribution in [0, 0.1) is 0 Å². The summed E-state index contributed by atoms with van der Waals surface area (Å²) in [7, 11) is 3.67. The number of urea groups is 1. The van der Waals surface area contributed by atoms with Gasteiger partial charge >= 0.3 is 6.03 Å². The second-order valence-corrected chi connectivity index (χ2v) is 4.26. The third-order valence-electron chi connectivity index (χ3n) is 2.67. The minimum atomic E-state index is -0.212. The molecule has 0 atom stereocenters. The zero-order chi connectivity index (χ0) is 14.1. The summed E-state index contributed by atoms with van der Waals surface area (Å²) in [5.74, 6) is 0. The zero-order valence-electron chi connectivity index (χ0n) is 11.8. The fourth-order valence-corrected chi connectivity index (χ4v) is 1.50. The minimum Gasteiger partial charge on any atom is -0.383 e. The summed E-state index contributed by atoms with van der Waals surface area (Å²) in [5.41, 5.74) is 0.701. The van der Waals surface area contributed by atoms with Crippen LogP contribution < -0.4 is 10.6 Å². The van der Waals surface area contributed by atoms with Crippen molar-refractivity contribution in [3.05, 3.63) is 12.4 Å². The molecule has 0 saturated carbocycles. The lowest BCUT2D eigenvalue weighted by Gasteiger charge is -2.16. The molecule has 0 saturated heterocycles. The molecule has 7 nitrogen and oxygen atoms in total. The Bertz CT molecular complexity index is 380. The van der Waals surface area contributed by atoms with E-state index in [1.54, 1.807) is 24.2 Å². The largest absolute Gasteiger partial charge is 0.383 e. The normalized spacial score (nSPS) is 10.7. The monoisotopic (exact) mass is 269 g/mol. The van der Waals surface area contributed by atoms with Gasteiger partial charge in [-0.15, -0.1) is 0 Å². The van der Waals surface area contributed by atoms with Gasteiger partial charge in [0.2, 0.25) is 0 Å². The van der Waals surface area contributed by atoms with Crippen molar-refractivity contribution in [3.8, 4) is 0 Å². The number of carbonyl (C=O) groups excluding carboxylic acids is 1. The van der Waals surface area contributed by atoms with Gasteiger partial charge in [0, 0.05) is 39.5 Å². The number of likely N-dealkylation sites (N-methyl/N-ethyl adjacent to an activating group) is 1. The number of aromatic nitrogens is 2. The number of amides is 2. The fourth-order valence-electron chi connectivity index (χ4n) is 1.50. The number of carbonyl (C=O) groups is 1. The van der Waals surface area contributed by atoms with Crippen molar-refractivity contribution in [3.63, 3.8) is 0 Å². The van der Waals surface area contributed by atoms with Crippen molar-refractivity contribution in [2.45, 2.75) is 13.5 Å². The summed E-state index contributed by atoms with van der Waals surface area (Å²) >= 11 is 0. The van der Waals surface area contributed by atoms with Crippen molar-refractivity contribution >= 4 is 11.7 Å². The van der Waals surface area contributed by atoms with Gasteiger partial charge in [0.25, 0.3) is 0 Å². The number of ether oxygens (including phenoxy) is 1. The van der Waals surface area contributed by atoms with Crippen LogP contribution in [0.15, 0.2) is 12.4 Å². The van der Waals surface area contributed by atoms with E-state index in [1.807, 2.05) is 14.0 Å². The smallest absolute Gasteiger partial charge is 0.319 e. The van der Waals surface area contributed by atoms with Gasteiger partial charge in [-0.2, -0.15) is 5.10 Å². The lowest BCUT2D eigenvalue weighted by molar-refractivity contribution is 0.161. The summed E-state index contributed by atoms with van der Waals surface area (Å²) in [5, 5.41) is 9.62. The SMILES string of the molecule is CCn1cc(NC(=O)NCCN(C)CCOC)cn1. The molecule has 0 aliphatic carbocycles. The predicted molar refractivity (Wildman–Crippen MR) is 74.3 cm³/mol. The fraction of sp³-hybridized carbons (Fsp3) is 0.667. The van der Waals surface area contributed by atoms with E-state index in [1.165, 1.54) is 0 Å². The molecule has 7 heteroatoms. The average molecular weight is 269 g/mol. The van der Waals surface area contributed by atoms with Crippen LogP contribution in [-0.2, 0) is 11.3 Å².